The molecule has 0 saturated heterocycles. The molecule has 0 fully saturated rings. The molecule has 12 heavy (non-hydrogen) atoms. The Kier molecular flexibility index (Phi) is 6.85. The minimum atomic E-state index is -2.84. The topological polar surface area (TPSA) is 29.1 Å². The Morgan fingerprint density at radius 3 is 1.83 bits per heavy atom. The third-order valence-electron chi connectivity index (χ3n) is 1.18. The summed E-state index contributed by atoms with van der Waals surface area (Å²) in [4.78, 5) is 10.3. The molecule has 0 aromatic carbocycles. The van der Waals surface area contributed by atoms with Crippen LogP contribution in [0, 0.1) is 0 Å². The Bertz CT molecular complexity index is 132. The summed E-state index contributed by atoms with van der Waals surface area (Å²) in [7, 11) is 0. The van der Waals surface area contributed by atoms with Crippen LogP contribution in [0.4, 0.5) is 8.78 Å². The second-order valence-corrected chi connectivity index (χ2v) is 2.38. The van der Waals surface area contributed by atoms with Crippen LogP contribution in [0.15, 0.2) is 0 Å². The number of amides is 1. The molecular weight excluding hydrogens is 164 g/mol. The van der Waals surface area contributed by atoms with Crippen LogP contribution < -0.4 is 5.32 Å². The number of carbonyl (C=O) groups is 1. The molecule has 0 bridgehead atoms. The van der Waals surface area contributed by atoms with E-state index in [1.807, 2.05) is 13.8 Å². The second kappa shape index (κ2) is 5.91. The molecule has 0 rings (SSSR count). The zero-order chi connectivity index (χ0) is 10.4. The van der Waals surface area contributed by atoms with Gasteiger partial charge in [-0.2, -0.15) is 0 Å². The van der Waals surface area contributed by atoms with Gasteiger partial charge in [0.05, 0.1) is 6.04 Å². The minimum Gasteiger partial charge on any atom is -0.348 e. The van der Waals surface area contributed by atoms with E-state index in [1.54, 1.807) is 0 Å². The van der Waals surface area contributed by atoms with Crippen LogP contribution in [0.3, 0.4) is 0 Å². The quantitative estimate of drug-likeness (QED) is 0.695. The van der Waals surface area contributed by atoms with Gasteiger partial charge in [-0.3, -0.25) is 4.79 Å². The molecule has 1 unspecified atom stereocenters. The lowest BCUT2D eigenvalue weighted by atomic mass is 10.2. The van der Waals surface area contributed by atoms with E-state index in [2.05, 4.69) is 5.32 Å². The van der Waals surface area contributed by atoms with E-state index in [-0.39, 0.29) is 0 Å². The van der Waals surface area contributed by atoms with Gasteiger partial charge in [0.1, 0.15) is 0 Å². The molecule has 1 N–H and O–H groups in total. The van der Waals surface area contributed by atoms with Gasteiger partial charge >= 0.3 is 0 Å². The van der Waals surface area contributed by atoms with Crippen molar-refractivity contribution in [1.29, 1.82) is 0 Å². The van der Waals surface area contributed by atoms with Crippen molar-refractivity contribution in [3.8, 4) is 0 Å². The van der Waals surface area contributed by atoms with Crippen LogP contribution in [0.5, 0.6) is 0 Å². The molecule has 0 aliphatic carbocycles. The van der Waals surface area contributed by atoms with Gasteiger partial charge in [0.2, 0.25) is 5.91 Å². The van der Waals surface area contributed by atoms with E-state index in [4.69, 9.17) is 0 Å². The van der Waals surface area contributed by atoms with Gasteiger partial charge < -0.3 is 5.32 Å². The van der Waals surface area contributed by atoms with Crippen molar-refractivity contribution in [3.05, 3.63) is 0 Å². The lowest BCUT2D eigenvalue weighted by Gasteiger charge is -2.19. The number of hydrogen-bond donors (Lipinski definition) is 1. The predicted octanol–water partition coefficient (Wildman–Crippen LogP) is 2.19. The van der Waals surface area contributed by atoms with Crippen LogP contribution in [-0.4, -0.2) is 17.9 Å². The first-order chi connectivity index (χ1) is 5.34. The summed E-state index contributed by atoms with van der Waals surface area (Å²) in [5, 5.41) is 2.09. The van der Waals surface area contributed by atoms with Crippen molar-refractivity contribution < 1.29 is 13.6 Å². The average molecular weight is 181 g/mol. The summed E-state index contributed by atoms with van der Waals surface area (Å²) in [6.45, 7) is 7.25. The molecule has 0 aromatic rings. The largest absolute Gasteiger partial charge is 0.348 e. The standard InChI is InChI=1S/C6H11F2NO.C2H6/c1-4(6(3,7)8)9-5(2)10;1-2/h4H,1-3H3,(H,9,10);1-2H3. The van der Waals surface area contributed by atoms with Crippen molar-refractivity contribution in [2.75, 3.05) is 0 Å². The summed E-state index contributed by atoms with van der Waals surface area (Å²) in [5.74, 6) is -3.28. The first-order valence-electron chi connectivity index (χ1n) is 3.99. The van der Waals surface area contributed by atoms with E-state index in [1.165, 1.54) is 13.8 Å². The summed E-state index contributed by atoms with van der Waals surface area (Å²) in [5.41, 5.74) is 0. The maximum Gasteiger partial charge on any atom is 0.264 e. The molecule has 4 heteroatoms. The first kappa shape index (κ1) is 13.9. The molecule has 74 valence electrons. The highest BCUT2D eigenvalue weighted by Gasteiger charge is 2.30. The van der Waals surface area contributed by atoms with Crippen LogP contribution in [0.2, 0.25) is 0 Å². The van der Waals surface area contributed by atoms with Crippen molar-refractivity contribution >= 4 is 5.91 Å². The highest BCUT2D eigenvalue weighted by Crippen LogP contribution is 2.16. The SMILES string of the molecule is CC.CC(=O)NC(C)C(C)(F)F. The van der Waals surface area contributed by atoms with E-state index >= 15 is 0 Å². The lowest BCUT2D eigenvalue weighted by molar-refractivity contribution is -0.122. The maximum atomic E-state index is 12.3. The third-order valence-corrected chi connectivity index (χ3v) is 1.18. The van der Waals surface area contributed by atoms with Gasteiger partial charge in [0.25, 0.3) is 5.92 Å². The maximum absolute atomic E-state index is 12.3. The van der Waals surface area contributed by atoms with Crippen molar-refractivity contribution in [2.24, 2.45) is 0 Å². The summed E-state index contributed by atoms with van der Waals surface area (Å²) in [6.07, 6.45) is 0. The summed E-state index contributed by atoms with van der Waals surface area (Å²) < 4.78 is 24.5. The molecule has 0 heterocycles. The fourth-order valence-corrected chi connectivity index (χ4v) is 0.432. The third kappa shape index (κ3) is 7.44. The number of hydrogen-bond acceptors (Lipinski definition) is 1. The molecule has 0 radical (unpaired) electrons. The van der Waals surface area contributed by atoms with E-state index < -0.39 is 17.9 Å². The van der Waals surface area contributed by atoms with Crippen LogP contribution in [0.1, 0.15) is 34.6 Å². The molecular formula is C8H17F2NO. The van der Waals surface area contributed by atoms with Gasteiger partial charge in [-0.05, 0) is 6.92 Å². The smallest absolute Gasteiger partial charge is 0.264 e. The fraction of sp³-hybridized carbons (Fsp3) is 0.875. The van der Waals surface area contributed by atoms with Crippen molar-refractivity contribution in [1.82, 2.24) is 5.32 Å². The van der Waals surface area contributed by atoms with Crippen LogP contribution in [0.25, 0.3) is 0 Å². The molecule has 0 aliphatic rings. The summed E-state index contributed by atoms with van der Waals surface area (Å²) >= 11 is 0. The molecule has 0 aliphatic heterocycles. The number of rotatable bonds is 2. The Morgan fingerprint density at radius 1 is 1.42 bits per heavy atom. The van der Waals surface area contributed by atoms with E-state index in [0.29, 0.717) is 0 Å². The molecule has 1 atom stereocenters. The van der Waals surface area contributed by atoms with Crippen LogP contribution >= 0.6 is 0 Å². The monoisotopic (exact) mass is 181 g/mol. The van der Waals surface area contributed by atoms with Gasteiger partial charge in [-0.15, -0.1) is 0 Å². The minimum absolute atomic E-state index is 0.436. The predicted molar refractivity (Wildman–Crippen MR) is 45.2 cm³/mol. The van der Waals surface area contributed by atoms with Gasteiger partial charge in [0.15, 0.2) is 0 Å². The number of nitrogens with one attached hydrogen (secondary N) is 1. The van der Waals surface area contributed by atoms with E-state index in [0.717, 1.165) is 6.92 Å². The Balaban J connectivity index is 0. The zero-order valence-corrected chi connectivity index (χ0v) is 8.24. The normalized spacial score (nSPS) is 12.6. The lowest BCUT2D eigenvalue weighted by Crippen LogP contribution is -2.42. The Morgan fingerprint density at radius 2 is 1.75 bits per heavy atom. The van der Waals surface area contributed by atoms with Gasteiger partial charge in [-0.1, -0.05) is 13.8 Å². The van der Waals surface area contributed by atoms with Crippen molar-refractivity contribution in [2.45, 2.75) is 46.6 Å². The molecule has 0 aromatic heterocycles. The molecule has 0 saturated carbocycles. The number of alkyl halides is 2. The summed E-state index contributed by atoms with van der Waals surface area (Å²) in [6, 6.07) is -1.09. The highest BCUT2D eigenvalue weighted by molar-refractivity contribution is 5.73. The van der Waals surface area contributed by atoms with Gasteiger partial charge in [0, 0.05) is 13.8 Å². The second-order valence-electron chi connectivity index (χ2n) is 2.38. The number of halogens is 2. The Hall–Kier alpha value is -0.670. The van der Waals surface area contributed by atoms with Crippen molar-refractivity contribution in [3.63, 3.8) is 0 Å². The Labute approximate surface area is 72.3 Å². The van der Waals surface area contributed by atoms with Gasteiger partial charge in [-0.25, -0.2) is 8.78 Å². The van der Waals surface area contributed by atoms with E-state index in [9.17, 15) is 13.6 Å². The molecule has 1 amide bonds. The number of carbonyl (C=O) groups excluding carboxylic acids is 1. The molecule has 0 spiro atoms. The highest BCUT2D eigenvalue weighted by atomic mass is 19.3. The molecule has 2 nitrogen and oxygen atoms in total. The van der Waals surface area contributed by atoms with Crippen LogP contribution in [-0.2, 0) is 4.79 Å². The fourth-order valence-electron chi connectivity index (χ4n) is 0.432. The zero-order valence-electron chi connectivity index (χ0n) is 8.24. The average Bonchev–Trinajstić information content (AvgIpc) is 1.88. The first-order valence-corrected chi connectivity index (χ1v) is 3.99.